The third-order valence-electron chi connectivity index (χ3n) is 4.08. The van der Waals surface area contributed by atoms with E-state index in [1.165, 1.54) is 5.56 Å². The highest BCUT2D eigenvalue weighted by Gasteiger charge is 2.51. The van der Waals surface area contributed by atoms with Crippen molar-refractivity contribution in [3.8, 4) is 11.5 Å². The summed E-state index contributed by atoms with van der Waals surface area (Å²) in [7, 11) is 1.71. The van der Waals surface area contributed by atoms with Gasteiger partial charge in [-0.25, -0.2) is 0 Å². The standard InChI is InChI=1S/C14H19NO3/c1-9(15)14(5-6-14)12-10(7-16-2)3-4-11-13(12)18-8-17-11/h3-4,9H,5-8,15H2,1-2H3. The van der Waals surface area contributed by atoms with Crippen LogP contribution in [0.15, 0.2) is 12.1 Å². The first kappa shape index (κ1) is 11.8. The normalized spacial score (nSPS) is 20.8. The molecule has 0 radical (unpaired) electrons. The number of benzene rings is 1. The van der Waals surface area contributed by atoms with E-state index in [4.69, 9.17) is 19.9 Å². The molecule has 4 nitrogen and oxygen atoms in total. The predicted octanol–water partition coefficient (Wildman–Crippen LogP) is 1.94. The average Bonchev–Trinajstić information content (AvgIpc) is 3.01. The Labute approximate surface area is 107 Å². The van der Waals surface area contributed by atoms with Crippen LogP contribution in [-0.2, 0) is 16.8 Å². The van der Waals surface area contributed by atoms with Crippen molar-refractivity contribution in [2.75, 3.05) is 13.9 Å². The molecule has 1 heterocycles. The summed E-state index contributed by atoms with van der Waals surface area (Å²) < 4.78 is 16.4. The van der Waals surface area contributed by atoms with Crippen molar-refractivity contribution < 1.29 is 14.2 Å². The Balaban J connectivity index is 2.13. The largest absolute Gasteiger partial charge is 0.454 e. The van der Waals surface area contributed by atoms with E-state index >= 15 is 0 Å². The van der Waals surface area contributed by atoms with Gasteiger partial charge in [-0.3, -0.25) is 0 Å². The van der Waals surface area contributed by atoms with Crippen molar-refractivity contribution in [1.82, 2.24) is 0 Å². The number of ether oxygens (including phenoxy) is 3. The number of hydrogen-bond donors (Lipinski definition) is 1. The lowest BCUT2D eigenvalue weighted by Crippen LogP contribution is -2.32. The minimum Gasteiger partial charge on any atom is -0.454 e. The van der Waals surface area contributed by atoms with Crippen LogP contribution in [0.5, 0.6) is 11.5 Å². The van der Waals surface area contributed by atoms with Gasteiger partial charge in [0.15, 0.2) is 11.5 Å². The highest BCUT2D eigenvalue weighted by atomic mass is 16.7. The van der Waals surface area contributed by atoms with Crippen LogP contribution >= 0.6 is 0 Å². The molecule has 1 unspecified atom stereocenters. The maximum Gasteiger partial charge on any atom is 0.231 e. The number of rotatable bonds is 4. The number of fused-ring (bicyclic) bond motifs is 1. The van der Waals surface area contributed by atoms with Gasteiger partial charge in [0.1, 0.15) is 0 Å². The molecule has 0 saturated heterocycles. The van der Waals surface area contributed by atoms with E-state index in [2.05, 4.69) is 13.0 Å². The summed E-state index contributed by atoms with van der Waals surface area (Å²) in [5.41, 5.74) is 8.60. The van der Waals surface area contributed by atoms with Gasteiger partial charge in [0.2, 0.25) is 6.79 Å². The van der Waals surface area contributed by atoms with E-state index in [9.17, 15) is 0 Å². The Kier molecular flexibility index (Phi) is 2.72. The highest BCUT2D eigenvalue weighted by molar-refractivity contribution is 5.58. The Bertz CT molecular complexity index is 466. The molecule has 98 valence electrons. The lowest BCUT2D eigenvalue weighted by atomic mass is 9.85. The number of nitrogens with two attached hydrogens (primary N) is 1. The van der Waals surface area contributed by atoms with Crippen LogP contribution in [0.2, 0.25) is 0 Å². The Morgan fingerprint density at radius 3 is 2.78 bits per heavy atom. The summed E-state index contributed by atoms with van der Waals surface area (Å²) in [4.78, 5) is 0. The Morgan fingerprint density at radius 1 is 1.39 bits per heavy atom. The van der Waals surface area contributed by atoms with E-state index in [-0.39, 0.29) is 11.5 Å². The molecule has 18 heavy (non-hydrogen) atoms. The molecular formula is C14H19NO3. The molecule has 1 aliphatic carbocycles. The zero-order chi connectivity index (χ0) is 12.8. The van der Waals surface area contributed by atoms with Gasteiger partial charge in [-0.15, -0.1) is 0 Å². The second-order valence-corrected chi connectivity index (χ2v) is 5.21. The molecule has 0 spiro atoms. The summed E-state index contributed by atoms with van der Waals surface area (Å²) in [6, 6.07) is 4.13. The Morgan fingerprint density at radius 2 is 2.17 bits per heavy atom. The van der Waals surface area contributed by atoms with Gasteiger partial charge in [-0.05, 0) is 31.4 Å². The smallest absolute Gasteiger partial charge is 0.231 e. The molecule has 0 amide bonds. The summed E-state index contributed by atoms with van der Waals surface area (Å²) in [6.45, 7) is 2.95. The molecular weight excluding hydrogens is 230 g/mol. The van der Waals surface area contributed by atoms with Gasteiger partial charge >= 0.3 is 0 Å². The molecule has 0 aromatic heterocycles. The van der Waals surface area contributed by atoms with Crippen LogP contribution in [0.3, 0.4) is 0 Å². The van der Waals surface area contributed by atoms with Crippen molar-refractivity contribution >= 4 is 0 Å². The van der Waals surface area contributed by atoms with Crippen LogP contribution in [0.25, 0.3) is 0 Å². The van der Waals surface area contributed by atoms with E-state index in [0.717, 1.165) is 29.9 Å². The monoisotopic (exact) mass is 249 g/mol. The van der Waals surface area contributed by atoms with Crippen molar-refractivity contribution in [2.24, 2.45) is 5.73 Å². The van der Waals surface area contributed by atoms with Crippen LogP contribution < -0.4 is 15.2 Å². The molecule has 1 atom stereocenters. The molecule has 1 aromatic carbocycles. The van der Waals surface area contributed by atoms with Gasteiger partial charge < -0.3 is 19.9 Å². The van der Waals surface area contributed by atoms with Crippen molar-refractivity contribution in [2.45, 2.75) is 37.8 Å². The van der Waals surface area contributed by atoms with E-state index in [1.807, 2.05) is 6.07 Å². The minimum atomic E-state index is 0.0485. The van der Waals surface area contributed by atoms with Gasteiger partial charge in [0.05, 0.1) is 6.61 Å². The van der Waals surface area contributed by atoms with Crippen LogP contribution in [0.4, 0.5) is 0 Å². The fourth-order valence-electron chi connectivity index (χ4n) is 2.90. The van der Waals surface area contributed by atoms with Gasteiger partial charge in [0, 0.05) is 24.1 Å². The van der Waals surface area contributed by atoms with Crippen molar-refractivity contribution in [3.05, 3.63) is 23.3 Å². The number of hydrogen-bond acceptors (Lipinski definition) is 4. The van der Waals surface area contributed by atoms with E-state index in [1.54, 1.807) is 7.11 Å². The quantitative estimate of drug-likeness (QED) is 0.886. The third kappa shape index (κ3) is 1.60. The maximum atomic E-state index is 6.19. The zero-order valence-corrected chi connectivity index (χ0v) is 10.9. The molecule has 1 aliphatic heterocycles. The SMILES string of the molecule is COCc1ccc2c(c1C1(C(C)N)CC1)OCO2. The lowest BCUT2D eigenvalue weighted by Gasteiger charge is -2.24. The molecule has 3 rings (SSSR count). The molecule has 1 aromatic rings. The van der Waals surface area contributed by atoms with Gasteiger partial charge in [-0.2, -0.15) is 0 Å². The summed E-state index contributed by atoms with van der Waals surface area (Å²) in [5, 5.41) is 0. The van der Waals surface area contributed by atoms with Gasteiger partial charge in [0.25, 0.3) is 0 Å². The van der Waals surface area contributed by atoms with E-state index in [0.29, 0.717) is 13.4 Å². The molecule has 2 N–H and O–H groups in total. The first-order valence-electron chi connectivity index (χ1n) is 6.35. The zero-order valence-electron chi connectivity index (χ0n) is 10.9. The highest BCUT2D eigenvalue weighted by Crippen LogP contribution is 2.57. The topological polar surface area (TPSA) is 53.7 Å². The molecule has 0 bridgehead atoms. The number of methoxy groups -OCH3 is 1. The van der Waals surface area contributed by atoms with E-state index < -0.39 is 0 Å². The second-order valence-electron chi connectivity index (χ2n) is 5.21. The second kappa shape index (κ2) is 4.14. The summed E-state index contributed by atoms with van der Waals surface area (Å²) in [6.07, 6.45) is 2.22. The van der Waals surface area contributed by atoms with Crippen LogP contribution in [0.1, 0.15) is 30.9 Å². The Hall–Kier alpha value is -1.26. The molecule has 1 fully saturated rings. The van der Waals surface area contributed by atoms with Crippen molar-refractivity contribution in [3.63, 3.8) is 0 Å². The maximum absolute atomic E-state index is 6.19. The van der Waals surface area contributed by atoms with Crippen LogP contribution in [-0.4, -0.2) is 19.9 Å². The first-order chi connectivity index (χ1) is 8.69. The van der Waals surface area contributed by atoms with Crippen LogP contribution in [0, 0.1) is 0 Å². The molecule has 4 heteroatoms. The minimum absolute atomic E-state index is 0.0485. The third-order valence-corrected chi connectivity index (χ3v) is 4.08. The fraction of sp³-hybridized carbons (Fsp3) is 0.571. The first-order valence-corrected chi connectivity index (χ1v) is 6.35. The molecule has 2 aliphatic rings. The average molecular weight is 249 g/mol. The van der Waals surface area contributed by atoms with Crippen molar-refractivity contribution in [1.29, 1.82) is 0 Å². The van der Waals surface area contributed by atoms with Gasteiger partial charge in [-0.1, -0.05) is 6.07 Å². The fourth-order valence-corrected chi connectivity index (χ4v) is 2.90. The summed E-state index contributed by atoms with van der Waals surface area (Å²) in [5.74, 6) is 1.70. The lowest BCUT2D eigenvalue weighted by molar-refractivity contribution is 0.171. The summed E-state index contributed by atoms with van der Waals surface area (Å²) >= 11 is 0. The molecule has 1 saturated carbocycles. The predicted molar refractivity (Wildman–Crippen MR) is 67.8 cm³/mol.